The molecule has 0 saturated carbocycles. The third-order valence-corrected chi connectivity index (χ3v) is 3.39. The zero-order valence-electron chi connectivity index (χ0n) is 8.97. The van der Waals surface area contributed by atoms with Crippen molar-refractivity contribution < 1.29 is 8.78 Å². The SMILES string of the molecule is CC(C)N1CCC(CN)(C(F)F)CC1. The molecule has 0 aliphatic carbocycles. The predicted octanol–water partition coefficient (Wildman–Crippen LogP) is 1.70. The summed E-state index contributed by atoms with van der Waals surface area (Å²) in [7, 11) is 0. The topological polar surface area (TPSA) is 29.3 Å². The molecule has 0 aromatic rings. The highest BCUT2D eigenvalue weighted by atomic mass is 19.3. The number of halogens is 2. The maximum atomic E-state index is 12.8. The fourth-order valence-electron chi connectivity index (χ4n) is 2.00. The van der Waals surface area contributed by atoms with Gasteiger partial charge in [-0.25, -0.2) is 8.78 Å². The van der Waals surface area contributed by atoms with E-state index in [1.165, 1.54) is 0 Å². The molecule has 0 atom stereocenters. The molecule has 1 heterocycles. The van der Waals surface area contributed by atoms with Crippen molar-refractivity contribution in [3.05, 3.63) is 0 Å². The number of hydrogen-bond acceptors (Lipinski definition) is 2. The molecule has 2 N–H and O–H groups in total. The van der Waals surface area contributed by atoms with Gasteiger partial charge in [0.1, 0.15) is 0 Å². The third-order valence-electron chi connectivity index (χ3n) is 3.39. The largest absolute Gasteiger partial charge is 0.330 e. The first-order valence-electron chi connectivity index (χ1n) is 5.24. The summed E-state index contributed by atoms with van der Waals surface area (Å²) in [6.45, 7) is 5.80. The third kappa shape index (κ3) is 2.23. The molecule has 0 aromatic heterocycles. The van der Waals surface area contributed by atoms with Crippen LogP contribution in [0, 0.1) is 5.41 Å². The van der Waals surface area contributed by atoms with Crippen molar-refractivity contribution in [1.82, 2.24) is 4.90 Å². The van der Waals surface area contributed by atoms with E-state index in [-0.39, 0.29) is 6.54 Å². The van der Waals surface area contributed by atoms with Crippen molar-refractivity contribution in [3.8, 4) is 0 Å². The molecule has 4 heteroatoms. The Balaban J connectivity index is 2.55. The first-order chi connectivity index (χ1) is 6.52. The Labute approximate surface area is 84.4 Å². The molecule has 14 heavy (non-hydrogen) atoms. The quantitative estimate of drug-likeness (QED) is 0.761. The van der Waals surface area contributed by atoms with Gasteiger partial charge in [0.15, 0.2) is 0 Å². The van der Waals surface area contributed by atoms with Crippen LogP contribution in [0.25, 0.3) is 0 Å². The molecule has 1 aliphatic rings. The van der Waals surface area contributed by atoms with Crippen LogP contribution >= 0.6 is 0 Å². The smallest absolute Gasteiger partial charge is 0.245 e. The standard InChI is InChI=1S/C10H20F2N2/c1-8(2)14-5-3-10(7-13,4-6-14)9(11)12/h8-9H,3-7,13H2,1-2H3. The number of alkyl halides is 2. The lowest BCUT2D eigenvalue weighted by Gasteiger charge is -2.42. The van der Waals surface area contributed by atoms with Crippen LogP contribution in [0.4, 0.5) is 8.78 Å². The van der Waals surface area contributed by atoms with Gasteiger partial charge in [-0.05, 0) is 39.8 Å². The normalized spacial score (nSPS) is 23.4. The first kappa shape index (κ1) is 11.9. The summed E-state index contributed by atoms with van der Waals surface area (Å²) in [5.74, 6) is 0. The fourth-order valence-corrected chi connectivity index (χ4v) is 2.00. The summed E-state index contributed by atoms with van der Waals surface area (Å²) in [4.78, 5) is 2.23. The van der Waals surface area contributed by atoms with Gasteiger partial charge in [-0.15, -0.1) is 0 Å². The van der Waals surface area contributed by atoms with Crippen LogP contribution in [0.5, 0.6) is 0 Å². The van der Waals surface area contributed by atoms with E-state index in [9.17, 15) is 8.78 Å². The molecule has 1 rings (SSSR count). The maximum Gasteiger partial charge on any atom is 0.245 e. The highest BCUT2D eigenvalue weighted by molar-refractivity contribution is 4.89. The van der Waals surface area contributed by atoms with Gasteiger partial charge < -0.3 is 10.6 Å². The minimum absolute atomic E-state index is 0.108. The number of likely N-dealkylation sites (tertiary alicyclic amines) is 1. The lowest BCUT2D eigenvalue weighted by Crippen LogP contribution is -2.49. The molecular formula is C10H20F2N2. The second-order valence-electron chi connectivity index (χ2n) is 4.50. The monoisotopic (exact) mass is 206 g/mol. The Morgan fingerprint density at radius 2 is 1.79 bits per heavy atom. The summed E-state index contributed by atoms with van der Waals surface area (Å²) in [6.07, 6.45) is -1.22. The van der Waals surface area contributed by atoms with Crippen molar-refractivity contribution in [2.45, 2.75) is 39.2 Å². The Morgan fingerprint density at radius 3 is 2.07 bits per heavy atom. The molecule has 0 amide bonds. The van der Waals surface area contributed by atoms with E-state index in [2.05, 4.69) is 18.7 Å². The maximum absolute atomic E-state index is 12.8. The van der Waals surface area contributed by atoms with E-state index in [0.29, 0.717) is 18.9 Å². The fraction of sp³-hybridized carbons (Fsp3) is 1.00. The number of piperidine rings is 1. The molecular weight excluding hydrogens is 186 g/mol. The minimum Gasteiger partial charge on any atom is -0.330 e. The molecule has 0 spiro atoms. The van der Waals surface area contributed by atoms with Gasteiger partial charge in [-0.3, -0.25) is 0 Å². The van der Waals surface area contributed by atoms with E-state index in [1.54, 1.807) is 0 Å². The van der Waals surface area contributed by atoms with E-state index in [4.69, 9.17) is 5.73 Å². The molecule has 1 saturated heterocycles. The second-order valence-corrected chi connectivity index (χ2v) is 4.50. The zero-order valence-corrected chi connectivity index (χ0v) is 8.97. The van der Waals surface area contributed by atoms with Gasteiger partial charge in [0.25, 0.3) is 0 Å². The number of nitrogens with zero attached hydrogens (tertiary/aromatic N) is 1. The van der Waals surface area contributed by atoms with E-state index in [1.807, 2.05) is 0 Å². The summed E-state index contributed by atoms with van der Waals surface area (Å²) < 4.78 is 25.6. The molecule has 0 bridgehead atoms. The predicted molar refractivity (Wildman–Crippen MR) is 53.4 cm³/mol. The first-order valence-corrected chi connectivity index (χ1v) is 5.24. The average Bonchev–Trinajstić information content (AvgIpc) is 2.17. The number of nitrogens with two attached hydrogens (primary N) is 1. The molecule has 84 valence electrons. The van der Waals surface area contributed by atoms with Crippen molar-refractivity contribution in [1.29, 1.82) is 0 Å². The van der Waals surface area contributed by atoms with E-state index >= 15 is 0 Å². The molecule has 0 radical (unpaired) electrons. The Hall–Kier alpha value is -0.220. The molecule has 2 nitrogen and oxygen atoms in total. The lowest BCUT2D eigenvalue weighted by atomic mass is 9.78. The molecule has 1 aliphatic heterocycles. The Kier molecular flexibility index (Phi) is 3.84. The Bertz CT molecular complexity index is 175. The van der Waals surface area contributed by atoms with Crippen molar-refractivity contribution in [2.24, 2.45) is 11.1 Å². The van der Waals surface area contributed by atoms with Crippen LogP contribution in [-0.2, 0) is 0 Å². The summed E-state index contributed by atoms with van der Waals surface area (Å²) in [5.41, 5.74) is 4.55. The average molecular weight is 206 g/mol. The van der Waals surface area contributed by atoms with Crippen molar-refractivity contribution >= 4 is 0 Å². The van der Waals surface area contributed by atoms with Crippen LogP contribution in [0.1, 0.15) is 26.7 Å². The van der Waals surface area contributed by atoms with Gasteiger partial charge in [-0.2, -0.15) is 0 Å². The van der Waals surface area contributed by atoms with Gasteiger partial charge in [0.2, 0.25) is 6.43 Å². The van der Waals surface area contributed by atoms with Gasteiger partial charge in [0.05, 0.1) is 0 Å². The second kappa shape index (κ2) is 4.53. The van der Waals surface area contributed by atoms with Crippen molar-refractivity contribution in [3.63, 3.8) is 0 Å². The van der Waals surface area contributed by atoms with E-state index < -0.39 is 11.8 Å². The number of hydrogen-bond donors (Lipinski definition) is 1. The van der Waals surface area contributed by atoms with Crippen LogP contribution in [0.3, 0.4) is 0 Å². The minimum atomic E-state index is -2.28. The van der Waals surface area contributed by atoms with Crippen LogP contribution in [0.15, 0.2) is 0 Å². The summed E-state index contributed by atoms with van der Waals surface area (Å²) >= 11 is 0. The highest BCUT2D eigenvalue weighted by Crippen LogP contribution is 2.36. The van der Waals surface area contributed by atoms with Crippen LogP contribution in [-0.4, -0.2) is 37.0 Å². The summed E-state index contributed by atoms with van der Waals surface area (Å²) in [5, 5.41) is 0. The molecule has 0 unspecified atom stereocenters. The lowest BCUT2D eigenvalue weighted by molar-refractivity contribution is -0.0461. The number of rotatable bonds is 3. The van der Waals surface area contributed by atoms with Crippen LogP contribution in [0.2, 0.25) is 0 Å². The van der Waals surface area contributed by atoms with Gasteiger partial charge in [0, 0.05) is 18.0 Å². The highest BCUT2D eigenvalue weighted by Gasteiger charge is 2.41. The molecule has 0 aromatic carbocycles. The van der Waals surface area contributed by atoms with E-state index in [0.717, 1.165) is 13.1 Å². The molecule has 1 fully saturated rings. The van der Waals surface area contributed by atoms with Gasteiger partial charge in [-0.1, -0.05) is 0 Å². The van der Waals surface area contributed by atoms with Crippen molar-refractivity contribution in [2.75, 3.05) is 19.6 Å². The van der Waals surface area contributed by atoms with Crippen LogP contribution < -0.4 is 5.73 Å². The summed E-state index contributed by atoms with van der Waals surface area (Å²) in [6, 6.07) is 0.448. The van der Waals surface area contributed by atoms with Gasteiger partial charge >= 0.3 is 0 Å². The Morgan fingerprint density at radius 1 is 1.29 bits per heavy atom. The zero-order chi connectivity index (χ0) is 10.8.